The maximum absolute atomic E-state index is 13.7. The maximum Gasteiger partial charge on any atom is 0.341 e. The number of aryl methyl sites for hydroxylation is 1. The summed E-state index contributed by atoms with van der Waals surface area (Å²) in [5.41, 5.74) is 0.859. The molecule has 144 valence electrons. The number of carbonyl (C=O) groups is 2. The first-order chi connectivity index (χ1) is 13.0. The molecule has 3 rings (SSSR count). The minimum absolute atomic E-state index is 0.0680. The molecule has 1 aliphatic rings. The lowest BCUT2D eigenvalue weighted by molar-refractivity contribution is -0.132. The number of carbonyl (C=O) groups excluding carboxylic acids is 2. The van der Waals surface area contributed by atoms with E-state index in [1.807, 2.05) is 0 Å². The number of halogens is 1. The van der Waals surface area contributed by atoms with E-state index >= 15 is 0 Å². The van der Waals surface area contributed by atoms with Crippen LogP contribution in [0.1, 0.15) is 27.4 Å². The zero-order valence-corrected chi connectivity index (χ0v) is 15.5. The van der Waals surface area contributed by atoms with E-state index in [1.54, 1.807) is 36.1 Å². The van der Waals surface area contributed by atoms with Crippen molar-refractivity contribution < 1.29 is 23.1 Å². The number of hydrogen-bond acceptors (Lipinski definition) is 5. The SMILES string of the molecule is COC(=O)c1cc(CN2CCN(C(=O)Cc3ccccc3F)CC2)oc1C. The number of ether oxygens (including phenoxy) is 1. The van der Waals surface area contributed by atoms with E-state index in [-0.39, 0.29) is 18.1 Å². The van der Waals surface area contributed by atoms with Crippen molar-refractivity contribution >= 4 is 11.9 Å². The smallest absolute Gasteiger partial charge is 0.341 e. The number of hydrogen-bond donors (Lipinski definition) is 0. The van der Waals surface area contributed by atoms with Gasteiger partial charge in [0.25, 0.3) is 0 Å². The van der Waals surface area contributed by atoms with Crippen LogP contribution < -0.4 is 0 Å². The van der Waals surface area contributed by atoms with Crippen LogP contribution in [-0.2, 0) is 22.5 Å². The molecule has 2 aromatic rings. The predicted octanol–water partition coefficient (Wildman–Crippen LogP) is 2.40. The summed E-state index contributed by atoms with van der Waals surface area (Å²) in [5, 5.41) is 0. The van der Waals surface area contributed by atoms with Crippen LogP contribution in [0, 0.1) is 12.7 Å². The summed E-state index contributed by atoms with van der Waals surface area (Å²) in [6, 6.07) is 8.06. The molecule has 2 heterocycles. The van der Waals surface area contributed by atoms with E-state index < -0.39 is 5.97 Å². The molecule has 6 nitrogen and oxygen atoms in total. The van der Waals surface area contributed by atoms with E-state index in [0.717, 1.165) is 0 Å². The topological polar surface area (TPSA) is 63.0 Å². The Hall–Kier alpha value is -2.67. The minimum Gasteiger partial charge on any atom is -0.465 e. The Morgan fingerprint density at radius 3 is 2.56 bits per heavy atom. The highest BCUT2D eigenvalue weighted by atomic mass is 19.1. The first-order valence-corrected chi connectivity index (χ1v) is 8.89. The van der Waals surface area contributed by atoms with Crippen molar-refractivity contribution in [2.45, 2.75) is 19.9 Å². The Kier molecular flexibility index (Phi) is 5.91. The first-order valence-electron chi connectivity index (χ1n) is 8.89. The molecule has 0 spiro atoms. The highest BCUT2D eigenvalue weighted by Crippen LogP contribution is 2.18. The Morgan fingerprint density at radius 2 is 1.89 bits per heavy atom. The highest BCUT2D eigenvalue weighted by molar-refractivity contribution is 5.90. The molecule has 1 amide bonds. The lowest BCUT2D eigenvalue weighted by atomic mass is 10.1. The van der Waals surface area contributed by atoms with Gasteiger partial charge in [-0.05, 0) is 24.6 Å². The molecule has 0 bridgehead atoms. The third-order valence-electron chi connectivity index (χ3n) is 4.78. The van der Waals surface area contributed by atoms with E-state index in [1.165, 1.54) is 13.2 Å². The molecule has 0 aliphatic carbocycles. The van der Waals surface area contributed by atoms with Crippen LogP contribution in [-0.4, -0.2) is 55.0 Å². The van der Waals surface area contributed by atoms with Gasteiger partial charge >= 0.3 is 5.97 Å². The molecular formula is C20H23FN2O4. The second-order valence-electron chi connectivity index (χ2n) is 6.60. The largest absolute Gasteiger partial charge is 0.465 e. The molecule has 27 heavy (non-hydrogen) atoms. The summed E-state index contributed by atoms with van der Waals surface area (Å²) in [7, 11) is 1.34. The number of amides is 1. The average Bonchev–Trinajstić information content (AvgIpc) is 3.03. The van der Waals surface area contributed by atoms with Gasteiger partial charge in [0.15, 0.2) is 0 Å². The molecule has 0 radical (unpaired) electrons. The fraction of sp³-hybridized carbons (Fsp3) is 0.400. The standard InChI is InChI=1S/C20H23FN2O4/c1-14-17(20(25)26-2)12-16(27-14)13-22-7-9-23(10-8-22)19(24)11-15-5-3-4-6-18(15)21/h3-6,12H,7-11,13H2,1-2H3. The third-order valence-corrected chi connectivity index (χ3v) is 4.78. The van der Waals surface area contributed by atoms with Crippen molar-refractivity contribution in [3.05, 3.63) is 58.8 Å². The lowest BCUT2D eigenvalue weighted by Crippen LogP contribution is -2.48. The second kappa shape index (κ2) is 8.35. The summed E-state index contributed by atoms with van der Waals surface area (Å²) in [5.74, 6) is 0.404. The van der Waals surface area contributed by atoms with E-state index in [0.29, 0.717) is 55.4 Å². The third kappa shape index (κ3) is 4.54. The van der Waals surface area contributed by atoms with Gasteiger partial charge in [0.1, 0.15) is 22.9 Å². The summed E-state index contributed by atoms with van der Waals surface area (Å²) in [6.45, 7) is 4.84. The number of nitrogens with zero attached hydrogens (tertiary/aromatic N) is 2. The zero-order chi connectivity index (χ0) is 19.4. The van der Waals surface area contributed by atoms with Crippen LogP contribution in [0.2, 0.25) is 0 Å². The van der Waals surface area contributed by atoms with Crippen molar-refractivity contribution in [1.29, 1.82) is 0 Å². The van der Waals surface area contributed by atoms with Crippen LogP contribution in [0.3, 0.4) is 0 Å². The van der Waals surface area contributed by atoms with Gasteiger partial charge in [0, 0.05) is 26.2 Å². The van der Waals surface area contributed by atoms with Crippen LogP contribution in [0.4, 0.5) is 4.39 Å². The predicted molar refractivity (Wildman–Crippen MR) is 96.7 cm³/mol. The number of rotatable bonds is 5. The Bertz CT molecular complexity index is 825. The van der Waals surface area contributed by atoms with Crippen molar-refractivity contribution in [2.75, 3.05) is 33.3 Å². The number of esters is 1. The molecule has 0 atom stereocenters. The Labute approximate surface area is 157 Å². The van der Waals surface area contributed by atoms with Crippen LogP contribution in [0.5, 0.6) is 0 Å². The van der Waals surface area contributed by atoms with Gasteiger partial charge in [-0.25, -0.2) is 9.18 Å². The van der Waals surface area contributed by atoms with Gasteiger partial charge in [0.2, 0.25) is 5.91 Å². The van der Waals surface area contributed by atoms with Crippen molar-refractivity contribution in [3.63, 3.8) is 0 Å². The van der Waals surface area contributed by atoms with Gasteiger partial charge in [-0.3, -0.25) is 9.69 Å². The molecular weight excluding hydrogens is 351 g/mol. The normalized spacial score (nSPS) is 15.0. The zero-order valence-electron chi connectivity index (χ0n) is 15.5. The quantitative estimate of drug-likeness (QED) is 0.752. The summed E-state index contributed by atoms with van der Waals surface area (Å²) in [4.78, 5) is 28.0. The second-order valence-corrected chi connectivity index (χ2v) is 6.60. The number of benzene rings is 1. The van der Waals surface area contributed by atoms with Gasteiger partial charge in [-0.15, -0.1) is 0 Å². The fourth-order valence-electron chi connectivity index (χ4n) is 3.23. The molecule has 1 saturated heterocycles. The summed E-state index contributed by atoms with van der Waals surface area (Å²) in [6.07, 6.45) is 0.0759. The van der Waals surface area contributed by atoms with E-state index in [4.69, 9.17) is 9.15 Å². The highest BCUT2D eigenvalue weighted by Gasteiger charge is 2.23. The minimum atomic E-state index is -0.411. The van der Waals surface area contributed by atoms with Crippen molar-refractivity contribution in [1.82, 2.24) is 9.80 Å². The molecule has 1 aliphatic heterocycles. The van der Waals surface area contributed by atoms with Gasteiger partial charge in [-0.2, -0.15) is 0 Å². The van der Waals surface area contributed by atoms with Crippen LogP contribution in [0.15, 0.2) is 34.7 Å². The Balaban J connectivity index is 1.52. The molecule has 7 heteroatoms. The fourth-order valence-corrected chi connectivity index (χ4v) is 3.23. The molecule has 0 unspecified atom stereocenters. The lowest BCUT2D eigenvalue weighted by Gasteiger charge is -2.34. The first kappa shape index (κ1) is 19.1. The van der Waals surface area contributed by atoms with E-state index in [2.05, 4.69) is 4.90 Å². The summed E-state index contributed by atoms with van der Waals surface area (Å²) < 4.78 is 24.1. The molecule has 0 saturated carbocycles. The summed E-state index contributed by atoms with van der Waals surface area (Å²) >= 11 is 0. The maximum atomic E-state index is 13.7. The monoisotopic (exact) mass is 374 g/mol. The van der Waals surface area contributed by atoms with Crippen molar-refractivity contribution in [3.8, 4) is 0 Å². The number of methoxy groups -OCH3 is 1. The van der Waals surface area contributed by atoms with Gasteiger partial charge in [-0.1, -0.05) is 18.2 Å². The van der Waals surface area contributed by atoms with Crippen molar-refractivity contribution in [2.24, 2.45) is 0 Å². The molecule has 0 N–H and O–H groups in total. The molecule has 1 aromatic heterocycles. The Morgan fingerprint density at radius 1 is 1.19 bits per heavy atom. The number of furan rings is 1. The number of piperazine rings is 1. The van der Waals surface area contributed by atoms with E-state index in [9.17, 15) is 14.0 Å². The molecule has 1 fully saturated rings. The van der Waals surface area contributed by atoms with Gasteiger partial charge in [0.05, 0.1) is 20.1 Å². The van der Waals surface area contributed by atoms with Crippen LogP contribution >= 0.6 is 0 Å². The van der Waals surface area contributed by atoms with Gasteiger partial charge < -0.3 is 14.1 Å². The average molecular weight is 374 g/mol. The molecule has 1 aromatic carbocycles. The van der Waals surface area contributed by atoms with Crippen LogP contribution in [0.25, 0.3) is 0 Å².